The minimum Gasteiger partial charge on any atom is -0.352 e. The fourth-order valence-electron chi connectivity index (χ4n) is 3.59. The topological polar surface area (TPSA) is 93.3 Å². The summed E-state index contributed by atoms with van der Waals surface area (Å²) in [7, 11) is 0. The Balaban J connectivity index is 1.49. The van der Waals surface area contributed by atoms with Crippen LogP contribution in [0.5, 0.6) is 0 Å². The number of carbonyl (C=O) groups is 1. The van der Waals surface area contributed by atoms with E-state index in [1.807, 2.05) is 18.2 Å². The molecule has 8 heteroatoms. The van der Waals surface area contributed by atoms with Crippen molar-refractivity contribution in [3.63, 3.8) is 0 Å². The molecule has 3 rings (SSSR count). The molecule has 0 spiro atoms. The number of carbonyl (C=O) groups excluding carboxylic acids is 1. The number of piperidine rings is 1. The van der Waals surface area contributed by atoms with Gasteiger partial charge in [0.2, 0.25) is 5.91 Å². The number of aryl methyl sites for hydroxylation is 1. The molecule has 0 unspecified atom stereocenters. The number of nitrogens with zero attached hydrogens (tertiary/aromatic N) is 4. The van der Waals surface area contributed by atoms with E-state index in [1.54, 1.807) is 13.8 Å². The quantitative estimate of drug-likeness (QED) is 0.621. The number of amides is 1. The Bertz CT molecular complexity index is 810. The summed E-state index contributed by atoms with van der Waals surface area (Å²) in [4.78, 5) is 25.3. The highest BCUT2D eigenvalue weighted by molar-refractivity contribution is 5.76. The number of nitro groups is 1. The molecule has 2 heterocycles. The molecule has 1 amide bonds. The lowest BCUT2D eigenvalue weighted by molar-refractivity contribution is -0.386. The molecular weight excluding hydrogens is 346 g/mol. The van der Waals surface area contributed by atoms with Gasteiger partial charge in [-0.15, -0.1) is 0 Å². The van der Waals surface area contributed by atoms with Crippen molar-refractivity contribution in [2.75, 3.05) is 13.1 Å². The maximum absolute atomic E-state index is 12.3. The fraction of sp³-hybridized carbons (Fsp3) is 0.474. The van der Waals surface area contributed by atoms with Crippen molar-refractivity contribution in [3.05, 3.63) is 57.4 Å². The lowest BCUT2D eigenvalue weighted by Crippen LogP contribution is -2.45. The third kappa shape index (κ3) is 4.71. The van der Waals surface area contributed by atoms with Gasteiger partial charge in [-0.25, -0.2) is 0 Å². The lowest BCUT2D eigenvalue weighted by Gasteiger charge is -2.32. The van der Waals surface area contributed by atoms with Gasteiger partial charge in [-0.05, 0) is 32.3 Å². The van der Waals surface area contributed by atoms with Crippen molar-refractivity contribution in [1.82, 2.24) is 20.0 Å². The molecule has 0 radical (unpaired) electrons. The first-order valence-electron chi connectivity index (χ1n) is 9.18. The minimum atomic E-state index is -0.450. The zero-order chi connectivity index (χ0) is 19.4. The summed E-state index contributed by atoms with van der Waals surface area (Å²) in [6, 6.07) is 10.5. The molecule has 2 aromatic rings. The Morgan fingerprint density at radius 2 is 1.93 bits per heavy atom. The zero-order valence-electron chi connectivity index (χ0n) is 15.7. The maximum Gasteiger partial charge on any atom is 0.312 e. The summed E-state index contributed by atoms with van der Waals surface area (Å²) in [5.74, 6) is -0.156. The van der Waals surface area contributed by atoms with Gasteiger partial charge in [0.1, 0.15) is 17.9 Å². The van der Waals surface area contributed by atoms with Crippen molar-refractivity contribution in [1.29, 1.82) is 0 Å². The second-order valence-corrected chi connectivity index (χ2v) is 7.04. The lowest BCUT2D eigenvalue weighted by atomic mass is 10.0. The predicted octanol–water partition coefficient (Wildman–Crippen LogP) is 2.19. The molecule has 1 N–H and O–H groups in total. The maximum atomic E-state index is 12.3. The fourth-order valence-corrected chi connectivity index (χ4v) is 3.59. The number of likely N-dealkylation sites (tertiary alicyclic amines) is 1. The van der Waals surface area contributed by atoms with Gasteiger partial charge in [0.05, 0.1) is 4.92 Å². The Hall–Kier alpha value is -2.74. The van der Waals surface area contributed by atoms with E-state index in [4.69, 9.17) is 0 Å². The highest BCUT2D eigenvalue weighted by Gasteiger charge is 2.24. The van der Waals surface area contributed by atoms with Crippen molar-refractivity contribution >= 4 is 11.6 Å². The molecule has 1 aromatic heterocycles. The van der Waals surface area contributed by atoms with E-state index < -0.39 is 4.92 Å². The molecule has 1 aliphatic rings. The average Bonchev–Trinajstić information content (AvgIpc) is 2.91. The van der Waals surface area contributed by atoms with E-state index in [-0.39, 0.29) is 24.2 Å². The molecular formula is C19H25N5O3. The van der Waals surface area contributed by atoms with Gasteiger partial charge < -0.3 is 5.32 Å². The SMILES string of the molecule is Cc1nn(CC(=O)NC2CCN(Cc3ccccc3)CC2)c(C)c1[N+](=O)[O-]. The first-order chi connectivity index (χ1) is 12.9. The van der Waals surface area contributed by atoms with E-state index in [2.05, 4.69) is 27.4 Å². The van der Waals surface area contributed by atoms with Crippen molar-refractivity contribution < 1.29 is 9.72 Å². The second-order valence-electron chi connectivity index (χ2n) is 7.04. The van der Waals surface area contributed by atoms with Crippen LogP contribution in [0.3, 0.4) is 0 Å². The number of nitrogens with one attached hydrogen (secondary N) is 1. The molecule has 1 fully saturated rings. The van der Waals surface area contributed by atoms with Gasteiger partial charge in [0.25, 0.3) is 0 Å². The molecule has 0 saturated carbocycles. The number of benzene rings is 1. The number of hydrogen-bond acceptors (Lipinski definition) is 5. The van der Waals surface area contributed by atoms with Gasteiger partial charge in [-0.1, -0.05) is 30.3 Å². The third-order valence-electron chi connectivity index (χ3n) is 5.02. The van der Waals surface area contributed by atoms with Gasteiger partial charge in [0, 0.05) is 25.7 Å². The molecule has 144 valence electrons. The van der Waals surface area contributed by atoms with Crippen LogP contribution in [0.4, 0.5) is 5.69 Å². The summed E-state index contributed by atoms with van der Waals surface area (Å²) in [5, 5.41) is 18.2. The van der Waals surface area contributed by atoms with E-state index in [0.29, 0.717) is 11.4 Å². The monoisotopic (exact) mass is 371 g/mol. The van der Waals surface area contributed by atoms with Crippen LogP contribution in [0.15, 0.2) is 30.3 Å². The number of rotatable bonds is 6. The summed E-state index contributed by atoms with van der Waals surface area (Å²) < 4.78 is 1.41. The van der Waals surface area contributed by atoms with Crippen LogP contribution in [0.25, 0.3) is 0 Å². The van der Waals surface area contributed by atoms with Crippen molar-refractivity contribution in [2.45, 2.75) is 45.8 Å². The first-order valence-corrected chi connectivity index (χ1v) is 9.18. The van der Waals surface area contributed by atoms with Crippen LogP contribution >= 0.6 is 0 Å². The van der Waals surface area contributed by atoms with Crippen LogP contribution < -0.4 is 5.32 Å². The predicted molar refractivity (Wildman–Crippen MR) is 101 cm³/mol. The number of aromatic nitrogens is 2. The smallest absolute Gasteiger partial charge is 0.312 e. The van der Waals surface area contributed by atoms with Gasteiger partial charge in [0.15, 0.2) is 0 Å². The molecule has 1 saturated heterocycles. The molecule has 27 heavy (non-hydrogen) atoms. The molecule has 0 bridgehead atoms. The van der Waals surface area contributed by atoms with Crippen LogP contribution in [-0.2, 0) is 17.9 Å². The summed E-state index contributed by atoms with van der Waals surface area (Å²) in [6.45, 7) is 6.01. The van der Waals surface area contributed by atoms with Crippen LogP contribution in [0.2, 0.25) is 0 Å². The molecule has 8 nitrogen and oxygen atoms in total. The van der Waals surface area contributed by atoms with Crippen LogP contribution in [0.1, 0.15) is 29.8 Å². The van der Waals surface area contributed by atoms with Crippen LogP contribution in [0, 0.1) is 24.0 Å². The average molecular weight is 371 g/mol. The number of hydrogen-bond donors (Lipinski definition) is 1. The van der Waals surface area contributed by atoms with Gasteiger partial charge in [-0.3, -0.25) is 24.5 Å². The van der Waals surface area contributed by atoms with Gasteiger partial charge in [-0.2, -0.15) is 5.10 Å². The Morgan fingerprint density at radius 1 is 1.26 bits per heavy atom. The zero-order valence-corrected chi connectivity index (χ0v) is 15.7. The standard InChI is InChI=1S/C19H25N5O3/c1-14-19(24(26)27)15(2)23(21-14)13-18(25)20-17-8-10-22(11-9-17)12-16-6-4-3-5-7-16/h3-7,17H,8-13H2,1-2H3,(H,20,25). The van der Waals surface area contributed by atoms with Gasteiger partial charge >= 0.3 is 5.69 Å². The highest BCUT2D eigenvalue weighted by atomic mass is 16.6. The van der Waals surface area contributed by atoms with E-state index in [0.717, 1.165) is 32.5 Å². The summed E-state index contributed by atoms with van der Waals surface area (Å²) >= 11 is 0. The minimum absolute atomic E-state index is 0.00471. The Kier molecular flexibility index (Phi) is 5.85. The molecule has 1 aromatic carbocycles. The van der Waals surface area contributed by atoms with Crippen molar-refractivity contribution in [3.8, 4) is 0 Å². The summed E-state index contributed by atoms with van der Waals surface area (Å²) in [6.07, 6.45) is 1.80. The first kappa shape index (κ1) is 19.0. The third-order valence-corrected chi connectivity index (χ3v) is 5.02. The highest BCUT2D eigenvalue weighted by Crippen LogP contribution is 2.21. The Morgan fingerprint density at radius 3 is 2.52 bits per heavy atom. The molecule has 1 aliphatic heterocycles. The molecule has 0 aliphatic carbocycles. The van der Waals surface area contributed by atoms with Crippen molar-refractivity contribution in [2.24, 2.45) is 0 Å². The van der Waals surface area contributed by atoms with E-state index in [9.17, 15) is 14.9 Å². The van der Waals surface area contributed by atoms with E-state index >= 15 is 0 Å². The largest absolute Gasteiger partial charge is 0.352 e. The van der Waals surface area contributed by atoms with E-state index in [1.165, 1.54) is 10.2 Å². The normalized spacial score (nSPS) is 15.6. The second kappa shape index (κ2) is 8.30. The Labute approximate surface area is 158 Å². The molecule has 0 atom stereocenters. The summed E-state index contributed by atoms with van der Waals surface area (Å²) in [5.41, 5.74) is 2.02. The van der Waals surface area contributed by atoms with Crippen LogP contribution in [-0.4, -0.2) is 44.6 Å².